The van der Waals surface area contributed by atoms with E-state index in [9.17, 15) is 7.86 Å². The summed E-state index contributed by atoms with van der Waals surface area (Å²) in [5.41, 5.74) is 0.118. The van der Waals surface area contributed by atoms with E-state index in [2.05, 4.69) is 15.9 Å². The smallest absolute Gasteiger partial charge is 0.336 e. The summed E-state index contributed by atoms with van der Waals surface area (Å²) < 4.78 is 11.7. The Kier molecular flexibility index (Phi) is 3.33. The minimum Gasteiger partial charge on any atom is -0.478 e. The molecule has 1 rings (SSSR count). The van der Waals surface area contributed by atoms with Gasteiger partial charge in [-0.3, -0.25) is 3.07 Å². The predicted molar refractivity (Wildman–Crippen MR) is 54.5 cm³/mol. The number of carbonyl (C=O) groups is 1. The van der Waals surface area contributed by atoms with E-state index in [1.54, 1.807) is 12.1 Å². The first-order chi connectivity index (χ1) is 5.65. The Labute approximate surface area is 87.6 Å². The molecular formula is C7H4BrIO3. The molecule has 0 heterocycles. The molecule has 0 aliphatic rings. The first-order valence-electron chi connectivity index (χ1n) is 2.95. The van der Waals surface area contributed by atoms with Crippen molar-refractivity contribution in [3.8, 4) is 0 Å². The number of carboxylic acids is 1. The van der Waals surface area contributed by atoms with Gasteiger partial charge in [0.25, 0.3) is 0 Å². The summed E-state index contributed by atoms with van der Waals surface area (Å²) in [5, 5.41) is 8.68. The van der Waals surface area contributed by atoms with Crippen molar-refractivity contribution in [2.75, 3.05) is 0 Å². The number of hydrogen-bond acceptors (Lipinski definition) is 2. The lowest BCUT2D eigenvalue weighted by Gasteiger charge is -1.97. The number of rotatable bonds is 2. The summed E-state index contributed by atoms with van der Waals surface area (Å²) in [6, 6.07) is 4.70. The van der Waals surface area contributed by atoms with Crippen LogP contribution < -0.4 is 0 Å². The van der Waals surface area contributed by atoms with Crippen molar-refractivity contribution < 1.29 is 13.0 Å². The predicted octanol–water partition coefficient (Wildman–Crippen LogP) is 2.63. The third-order valence-corrected chi connectivity index (χ3v) is 3.15. The van der Waals surface area contributed by atoms with Gasteiger partial charge in [0.2, 0.25) is 0 Å². The van der Waals surface area contributed by atoms with E-state index in [-0.39, 0.29) is 5.56 Å². The van der Waals surface area contributed by atoms with Crippen molar-refractivity contribution in [1.82, 2.24) is 0 Å². The summed E-state index contributed by atoms with van der Waals surface area (Å²) in [6.07, 6.45) is 0. The molecule has 5 heteroatoms. The fraction of sp³-hybridized carbons (Fsp3) is 0. The molecule has 12 heavy (non-hydrogen) atoms. The summed E-state index contributed by atoms with van der Waals surface area (Å²) in [7, 11) is 0. The first-order valence-corrected chi connectivity index (χ1v) is 5.70. The second kappa shape index (κ2) is 4.08. The van der Waals surface area contributed by atoms with Crippen LogP contribution in [0.4, 0.5) is 0 Å². The van der Waals surface area contributed by atoms with Crippen LogP contribution >= 0.6 is 37.1 Å². The standard InChI is InChI=1S/C7H4BrIO3/c8-4-1-2-6(9-12)5(3-4)7(10)11/h1-3H,(H,10,11). The van der Waals surface area contributed by atoms with Gasteiger partial charge in [0.15, 0.2) is 21.2 Å². The molecule has 0 bridgehead atoms. The van der Waals surface area contributed by atoms with Crippen molar-refractivity contribution >= 4 is 43.1 Å². The molecule has 0 aromatic heterocycles. The fourth-order valence-corrected chi connectivity index (χ4v) is 2.04. The largest absolute Gasteiger partial charge is 0.478 e. The summed E-state index contributed by atoms with van der Waals surface area (Å²) in [6.45, 7) is 0. The molecule has 1 aromatic rings. The molecule has 3 nitrogen and oxygen atoms in total. The van der Waals surface area contributed by atoms with Gasteiger partial charge in [-0.1, -0.05) is 15.9 Å². The lowest BCUT2D eigenvalue weighted by molar-refractivity contribution is 0.0695. The van der Waals surface area contributed by atoms with E-state index in [1.807, 2.05) is 0 Å². The molecule has 0 aliphatic heterocycles. The maximum Gasteiger partial charge on any atom is 0.336 e. The fourth-order valence-electron chi connectivity index (χ4n) is 0.729. The molecule has 0 spiro atoms. The molecule has 0 amide bonds. The van der Waals surface area contributed by atoms with Crippen LogP contribution in [-0.2, 0) is 3.07 Å². The summed E-state index contributed by atoms with van der Waals surface area (Å²) in [4.78, 5) is 10.6. The van der Waals surface area contributed by atoms with Crippen LogP contribution in [0.5, 0.6) is 0 Å². The Morgan fingerprint density at radius 3 is 2.67 bits per heavy atom. The minimum absolute atomic E-state index is 0.118. The lowest BCUT2D eigenvalue weighted by Crippen LogP contribution is -1.99. The van der Waals surface area contributed by atoms with Gasteiger partial charge in [0.1, 0.15) is 0 Å². The van der Waals surface area contributed by atoms with Crippen LogP contribution in [0.3, 0.4) is 0 Å². The summed E-state index contributed by atoms with van der Waals surface area (Å²) in [5.74, 6) is -1.04. The average molecular weight is 343 g/mol. The van der Waals surface area contributed by atoms with E-state index in [1.165, 1.54) is 6.07 Å². The van der Waals surface area contributed by atoms with Crippen molar-refractivity contribution in [3.05, 3.63) is 31.8 Å². The topological polar surface area (TPSA) is 54.4 Å². The molecule has 1 aromatic carbocycles. The minimum atomic E-state index is -1.41. The maximum absolute atomic E-state index is 10.6. The quantitative estimate of drug-likeness (QED) is 0.840. The third kappa shape index (κ3) is 2.10. The van der Waals surface area contributed by atoms with Gasteiger partial charge in [-0.05, 0) is 18.2 Å². The van der Waals surface area contributed by atoms with Gasteiger partial charge in [0.05, 0.1) is 9.13 Å². The zero-order valence-corrected chi connectivity index (χ0v) is 9.50. The molecule has 64 valence electrons. The Bertz CT molecular complexity index is 337. The Morgan fingerprint density at radius 1 is 1.50 bits per heavy atom. The molecule has 0 fully saturated rings. The van der Waals surface area contributed by atoms with Gasteiger partial charge in [-0.2, -0.15) is 0 Å². The molecule has 0 unspecified atom stereocenters. The zero-order valence-electron chi connectivity index (χ0n) is 5.75. The van der Waals surface area contributed by atoms with Gasteiger partial charge >= 0.3 is 5.97 Å². The number of hydrogen-bond donors (Lipinski definition) is 1. The van der Waals surface area contributed by atoms with Crippen LogP contribution in [0.15, 0.2) is 22.7 Å². The highest BCUT2D eigenvalue weighted by molar-refractivity contribution is 14.1. The van der Waals surface area contributed by atoms with E-state index < -0.39 is 27.2 Å². The zero-order chi connectivity index (χ0) is 9.14. The van der Waals surface area contributed by atoms with Gasteiger partial charge < -0.3 is 5.11 Å². The second-order valence-electron chi connectivity index (χ2n) is 2.01. The van der Waals surface area contributed by atoms with Gasteiger partial charge in [0, 0.05) is 4.47 Å². The third-order valence-electron chi connectivity index (χ3n) is 1.24. The number of halogens is 2. The van der Waals surface area contributed by atoms with E-state index >= 15 is 0 Å². The van der Waals surface area contributed by atoms with E-state index in [0.29, 0.717) is 8.04 Å². The molecule has 0 aliphatic carbocycles. The van der Waals surface area contributed by atoms with Crippen molar-refractivity contribution in [2.24, 2.45) is 0 Å². The van der Waals surface area contributed by atoms with Crippen molar-refractivity contribution in [3.63, 3.8) is 0 Å². The highest BCUT2D eigenvalue weighted by Gasteiger charge is 2.09. The second-order valence-corrected chi connectivity index (χ2v) is 4.52. The Hall–Kier alpha value is -0.300. The highest BCUT2D eigenvalue weighted by atomic mass is 127. The molecular weight excluding hydrogens is 339 g/mol. The monoisotopic (exact) mass is 342 g/mol. The maximum atomic E-state index is 10.6. The van der Waals surface area contributed by atoms with Crippen molar-refractivity contribution in [2.45, 2.75) is 0 Å². The van der Waals surface area contributed by atoms with Gasteiger partial charge in [-0.15, -0.1) is 0 Å². The van der Waals surface area contributed by atoms with Gasteiger partial charge in [-0.25, -0.2) is 4.79 Å². The number of carboxylic acid groups (broad SMARTS) is 1. The van der Waals surface area contributed by atoms with Crippen LogP contribution in [0.2, 0.25) is 0 Å². The van der Waals surface area contributed by atoms with E-state index in [0.717, 1.165) is 0 Å². The van der Waals surface area contributed by atoms with Crippen LogP contribution in [0.25, 0.3) is 0 Å². The van der Waals surface area contributed by atoms with E-state index in [4.69, 9.17) is 5.11 Å². The lowest BCUT2D eigenvalue weighted by atomic mass is 10.2. The molecule has 0 radical (unpaired) electrons. The van der Waals surface area contributed by atoms with Crippen LogP contribution in [0.1, 0.15) is 10.4 Å². The SMILES string of the molecule is O=Ic1ccc(Br)cc1C(=O)O. The molecule has 0 saturated heterocycles. The normalized spacial score (nSPS) is 9.75. The highest BCUT2D eigenvalue weighted by Crippen LogP contribution is 2.20. The Balaban J connectivity index is 3.30. The van der Waals surface area contributed by atoms with Crippen LogP contribution in [-0.4, -0.2) is 11.1 Å². The first kappa shape index (κ1) is 9.79. The molecule has 0 saturated carbocycles. The van der Waals surface area contributed by atoms with Crippen LogP contribution in [0, 0.1) is 3.57 Å². The number of benzene rings is 1. The average Bonchev–Trinajstić information content (AvgIpc) is 2.04. The Morgan fingerprint density at radius 2 is 2.17 bits per heavy atom. The molecule has 0 atom stereocenters. The summed E-state index contributed by atoms with van der Waals surface area (Å²) >= 11 is 1.73. The van der Waals surface area contributed by atoms with Crippen molar-refractivity contribution in [1.29, 1.82) is 0 Å². The molecule has 1 N–H and O–H groups in total. The number of aromatic carboxylic acids is 1.